The van der Waals surface area contributed by atoms with Gasteiger partial charge in [-0.05, 0) is 50.0 Å². The summed E-state index contributed by atoms with van der Waals surface area (Å²) in [4.78, 5) is 9.76. The maximum atomic E-state index is 10.2. The number of benzene rings is 2. The van der Waals surface area contributed by atoms with E-state index >= 15 is 0 Å². The average Bonchev–Trinajstić information content (AvgIpc) is 3.18. The van der Waals surface area contributed by atoms with E-state index in [1.807, 2.05) is 36.3 Å². The van der Waals surface area contributed by atoms with E-state index in [4.69, 9.17) is 10.7 Å². The molecule has 1 fully saturated rings. The number of aliphatic imine (C=N–C) groups is 1. The lowest BCUT2D eigenvalue weighted by atomic mass is 9.63. The fraction of sp³-hybridized carbons (Fsp3) is 0.259. The molecule has 2 aromatic carbocycles. The quantitative estimate of drug-likeness (QED) is 0.574. The Bertz CT molecular complexity index is 1290. The van der Waals surface area contributed by atoms with Crippen LogP contribution in [0.4, 0.5) is 5.82 Å². The van der Waals surface area contributed by atoms with E-state index in [9.17, 15) is 5.11 Å². The Morgan fingerprint density at radius 3 is 2.48 bits per heavy atom. The van der Waals surface area contributed by atoms with E-state index in [0.717, 1.165) is 45.2 Å². The fourth-order valence-corrected chi connectivity index (χ4v) is 5.33. The molecule has 6 rings (SSSR count). The number of nitrogens with zero attached hydrogens (tertiary/aromatic N) is 3. The van der Waals surface area contributed by atoms with Crippen LogP contribution in [0.2, 0.25) is 0 Å². The van der Waals surface area contributed by atoms with Crippen LogP contribution in [0.3, 0.4) is 0 Å². The molecule has 6 nitrogen and oxygen atoms in total. The molecule has 3 aromatic rings. The minimum Gasteiger partial charge on any atom is -0.390 e. The van der Waals surface area contributed by atoms with Crippen molar-refractivity contribution in [3.63, 3.8) is 0 Å². The number of nitrogens with two attached hydrogens (primary N) is 1. The van der Waals surface area contributed by atoms with Gasteiger partial charge in [0.15, 0.2) is 5.82 Å². The first-order chi connectivity index (χ1) is 15.8. The Kier molecular flexibility index (Phi) is 4.36. The average molecular weight is 438 g/mol. The Morgan fingerprint density at radius 1 is 1.06 bits per heavy atom. The van der Waals surface area contributed by atoms with E-state index in [-0.39, 0.29) is 6.04 Å². The number of fused-ring (bicyclic) bond motifs is 3. The number of hydrogen-bond donors (Lipinski definition) is 3. The van der Waals surface area contributed by atoms with Crippen molar-refractivity contribution in [1.29, 1.82) is 0 Å². The highest BCUT2D eigenvalue weighted by Gasteiger charge is 2.49. The van der Waals surface area contributed by atoms with Crippen LogP contribution in [0.1, 0.15) is 37.8 Å². The van der Waals surface area contributed by atoms with Crippen LogP contribution < -0.4 is 16.2 Å². The van der Waals surface area contributed by atoms with Gasteiger partial charge in [0.2, 0.25) is 0 Å². The Labute approximate surface area is 193 Å². The molecule has 0 spiro atoms. The molecule has 2 aliphatic heterocycles. The third-order valence-corrected chi connectivity index (χ3v) is 6.75. The van der Waals surface area contributed by atoms with Crippen LogP contribution >= 0.6 is 0 Å². The Balaban J connectivity index is 1.46. The van der Waals surface area contributed by atoms with Gasteiger partial charge in [0, 0.05) is 34.5 Å². The second-order valence-corrected chi connectivity index (χ2v) is 9.78. The SMILES string of the molecule is CC1C=C2N=Cc3cc(-c4ccccc4)c(-c4ccc(C5(N)CC(C)(O)C5)cc4)nc3N2N1. The number of rotatable bonds is 3. The molecule has 1 aliphatic carbocycles. The van der Waals surface area contributed by atoms with Gasteiger partial charge in [-0.2, -0.15) is 0 Å². The van der Waals surface area contributed by atoms with Crippen LogP contribution in [0, 0.1) is 0 Å². The normalized spacial score (nSPS) is 27.6. The molecule has 6 heteroatoms. The van der Waals surface area contributed by atoms with Crippen molar-refractivity contribution in [2.75, 3.05) is 5.01 Å². The molecule has 1 unspecified atom stereocenters. The molecule has 33 heavy (non-hydrogen) atoms. The molecule has 3 aliphatic rings. The lowest BCUT2D eigenvalue weighted by Gasteiger charge is -2.49. The summed E-state index contributed by atoms with van der Waals surface area (Å²) in [6.07, 6.45) is 5.12. The van der Waals surface area contributed by atoms with Gasteiger partial charge in [0.05, 0.1) is 11.3 Å². The predicted octanol–water partition coefficient (Wildman–Crippen LogP) is 4.10. The Hall–Kier alpha value is -3.32. The lowest BCUT2D eigenvalue weighted by Crippen LogP contribution is -2.58. The number of aliphatic hydroxyl groups is 1. The maximum Gasteiger partial charge on any atom is 0.158 e. The first kappa shape index (κ1) is 20.3. The first-order valence-electron chi connectivity index (χ1n) is 11.4. The van der Waals surface area contributed by atoms with Gasteiger partial charge < -0.3 is 10.8 Å². The van der Waals surface area contributed by atoms with Crippen molar-refractivity contribution < 1.29 is 5.11 Å². The van der Waals surface area contributed by atoms with Crippen LogP contribution in [0.5, 0.6) is 0 Å². The summed E-state index contributed by atoms with van der Waals surface area (Å²) in [6.45, 7) is 3.94. The van der Waals surface area contributed by atoms with Crippen molar-refractivity contribution in [2.24, 2.45) is 10.7 Å². The molecule has 1 saturated carbocycles. The van der Waals surface area contributed by atoms with Gasteiger partial charge in [-0.25, -0.2) is 20.4 Å². The third-order valence-electron chi connectivity index (χ3n) is 6.75. The van der Waals surface area contributed by atoms with Crippen LogP contribution in [-0.2, 0) is 5.54 Å². The minimum atomic E-state index is -0.680. The number of nitrogens with one attached hydrogen (secondary N) is 1. The monoisotopic (exact) mass is 437 g/mol. The molecular weight excluding hydrogens is 410 g/mol. The van der Waals surface area contributed by atoms with Crippen LogP contribution in [0.15, 0.2) is 77.6 Å². The molecule has 3 heterocycles. The maximum absolute atomic E-state index is 10.2. The second-order valence-electron chi connectivity index (χ2n) is 9.78. The molecule has 1 aromatic heterocycles. The zero-order valence-electron chi connectivity index (χ0n) is 18.8. The summed E-state index contributed by atoms with van der Waals surface area (Å²) in [5.41, 5.74) is 15.0. The van der Waals surface area contributed by atoms with Crippen molar-refractivity contribution in [2.45, 2.75) is 43.9 Å². The lowest BCUT2D eigenvalue weighted by molar-refractivity contribution is -0.0738. The highest BCUT2D eigenvalue weighted by Crippen LogP contribution is 2.46. The highest BCUT2D eigenvalue weighted by molar-refractivity contribution is 5.95. The summed E-state index contributed by atoms with van der Waals surface area (Å²) in [6, 6.07) is 21.0. The molecule has 0 bridgehead atoms. The molecule has 0 radical (unpaired) electrons. The van der Waals surface area contributed by atoms with Crippen molar-refractivity contribution >= 4 is 12.0 Å². The smallest absolute Gasteiger partial charge is 0.158 e. The van der Waals surface area contributed by atoms with Crippen molar-refractivity contribution in [3.8, 4) is 22.4 Å². The minimum absolute atomic E-state index is 0.196. The number of hydrogen-bond acceptors (Lipinski definition) is 6. The van der Waals surface area contributed by atoms with Crippen molar-refractivity contribution in [1.82, 2.24) is 10.4 Å². The summed E-state index contributed by atoms with van der Waals surface area (Å²) >= 11 is 0. The van der Waals surface area contributed by atoms with E-state index in [0.29, 0.717) is 12.8 Å². The van der Waals surface area contributed by atoms with Gasteiger partial charge >= 0.3 is 0 Å². The molecule has 0 amide bonds. The zero-order valence-corrected chi connectivity index (χ0v) is 18.8. The Morgan fingerprint density at radius 2 is 1.79 bits per heavy atom. The van der Waals surface area contributed by atoms with Gasteiger partial charge in [0.1, 0.15) is 5.82 Å². The van der Waals surface area contributed by atoms with Crippen LogP contribution in [0.25, 0.3) is 22.4 Å². The van der Waals surface area contributed by atoms with E-state index in [1.165, 1.54) is 0 Å². The molecule has 166 valence electrons. The summed E-state index contributed by atoms with van der Waals surface area (Å²) in [5, 5.41) is 12.2. The van der Waals surface area contributed by atoms with E-state index < -0.39 is 11.1 Å². The predicted molar refractivity (Wildman–Crippen MR) is 132 cm³/mol. The summed E-state index contributed by atoms with van der Waals surface area (Å²) in [5.74, 6) is 1.73. The number of aromatic nitrogens is 1. The topological polar surface area (TPSA) is 86.8 Å². The van der Waals surface area contributed by atoms with Crippen LogP contribution in [-0.4, -0.2) is 27.9 Å². The van der Waals surface area contributed by atoms with E-state index in [2.05, 4.69) is 65.9 Å². The second kappa shape index (κ2) is 7.09. The number of anilines is 1. The summed E-state index contributed by atoms with van der Waals surface area (Å²) in [7, 11) is 0. The standard InChI is InChI=1S/C27H27N5O/c1-17-12-23-29-14-20-13-22(18-6-4-3-5-7-18)24(30-25(20)32(23)31-17)19-8-10-21(11-9-19)27(28)15-26(2,33)16-27/h3-14,17,31,33H,15-16,28H2,1-2H3. The largest absolute Gasteiger partial charge is 0.390 e. The van der Waals surface area contributed by atoms with Gasteiger partial charge in [-0.1, -0.05) is 54.6 Å². The number of pyridine rings is 1. The van der Waals surface area contributed by atoms with Gasteiger partial charge in [-0.15, -0.1) is 0 Å². The molecule has 0 saturated heterocycles. The number of hydrazine groups is 1. The summed E-state index contributed by atoms with van der Waals surface area (Å²) < 4.78 is 0. The fourth-order valence-electron chi connectivity index (χ4n) is 5.33. The van der Waals surface area contributed by atoms with E-state index in [1.54, 1.807) is 0 Å². The van der Waals surface area contributed by atoms with Crippen molar-refractivity contribution in [3.05, 3.63) is 83.7 Å². The molecule has 1 atom stereocenters. The molecule has 4 N–H and O–H groups in total. The molecular formula is C27H27N5O. The van der Waals surface area contributed by atoms with Gasteiger partial charge in [0.25, 0.3) is 0 Å². The third kappa shape index (κ3) is 3.38. The highest BCUT2D eigenvalue weighted by atomic mass is 16.3. The zero-order chi connectivity index (χ0) is 22.8. The first-order valence-corrected chi connectivity index (χ1v) is 11.4. The van der Waals surface area contributed by atoms with Gasteiger partial charge in [-0.3, -0.25) is 0 Å².